The number of carboxylic acid groups (broad SMARTS) is 2. The van der Waals surface area contributed by atoms with E-state index < -0.39 is 22.9 Å². The van der Waals surface area contributed by atoms with Gasteiger partial charge in [-0.2, -0.15) is 0 Å². The number of hydrogen-bond donors (Lipinski definition) is 5. The van der Waals surface area contributed by atoms with Gasteiger partial charge in [0.2, 0.25) is 0 Å². The maximum Gasteiger partial charge on any atom is 0.322 e. The molecule has 0 aromatic rings. The largest absolute Gasteiger partial charge is 0.480 e. The van der Waals surface area contributed by atoms with Gasteiger partial charge in [-0.25, -0.2) is 0 Å². The molecule has 6 nitrogen and oxygen atoms in total. The minimum absolute atomic E-state index is 1.61. The van der Waals surface area contributed by atoms with Gasteiger partial charge in [0.15, 0.2) is 5.92 Å². The molecule has 64 valence electrons. The van der Waals surface area contributed by atoms with E-state index in [0.29, 0.717) is 0 Å². The second kappa shape index (κ2) is 3.07. The number of carboxylic acids is 2. The van der Waals surface area contributed by atoms with Crippen molar-refractivity contribution in [2.24, 2.45) is 17.4 Å². The number of aliphatic carboxylic acids is 2. The topological polar surface area (TPSA) is 127 Å². The molecule has 0 amide bonds. The molecule has 0 aliphatic rings. The number of carbonyl (C=O) groups is 2. The molecule has 7 heteroatoms. The van der Waals surface area contributed by atoms with Crippen molar-refractivity contribution in [3.63, 3.8) is 0 Å². The normalized spacial score (nSPS) is 11.6. The fourth-order valence-electron chi connectivity index (χ4n) is 0.501. The van der Waals surface area contributed by atoms with Gasteiger partial charge in [0, 0.05) is 0 Å². The van der Waals surface area contributed by atoms with Crippen molar-refractivity contribution in [2.75, 3.05) is 0 Å². The van der Waals surface area contributed by atoms with Crippen molar-refractivity contribution in [2.45, 2.75) is 4.99 Å². The molecule has 0 aliphatic carbocycles. The van der Waals surface area contributed by atoms with Gasteiger partial charge in [0.1, 0.15) is 4.99 Å². The molecule has 0 aromatic carbocycles. The van der Waals surface area contributed by atoms with Crippen LogP contribution in [-0.4, -0.2) is 27.1 Å². The highest BCUT2D eigenvalue weighted by Gasteiger charge is 2.40. The van der Waals surface area contributed by atoms with Crippen LogP contribution in [0.5, 0.6) is 0 Å². The highest BCUT2D eigenvalue weighted by Crippen LogP contribution is 2.13. The molecule has 0 saturated heterocycles. The molecule has 0 atom stereocenters. The third-order valence-corrected chi connectivity index (χ3v) is 1.21. The summed E-state index contributed by atoms with van der Waals surface area (Å²) >= 11 is 3.42. The smallest absolute Gasteiger partial charge is 0.322 e. The molecule has 0 heterocycles. The standard InChI is InChI=1S/C4H8N2O4S/c5-4(6,11)1(2(7)8)3(9)10/h1,11H,5-6H2,(H,7,8)(H,9,10). The van der Waals surface area contributed by atoms with Crippen molar-refractivity contribution >= 4 is 24.6 Å². The van der Waals surface area contributed by atoms with Crippen LogP contribution in [0.4, 0.5) is 0 Å². The second-order valence-electron chi connectivity index (χ2n) is 2.00. The Morgan fingerprint density at radius 3 is 1.55 bits per heavy atom. The van der Waals surface area contributed by atoms with E-state index in [4.69, 9.17) is 21.7 Å². The fraction of sp³-hybridized carbons (Fsp3) is 0.500. The molecular weight excluding hydrogens is 172 g/mol. The average molecular weight is 180 g/mol. The molecule has 0 bridgehead atoms. The van der Waals surface area contributed by atoms with Crippen LogP contribution in [0.2, 0.25) is 0 Å². The maximum atomic E-state index is 10.2. The van der Waals surface area contributed by atoms with Crippen LogP contribution in [0.3, 0.4) is 0 Å². The minimum atomic E-state index is -2.04. The molecule has 0 aliphatic heterocycles. The Morgan fingerprint density at radius 1 is 1.27 bits per heavy atom. The van der Waals surface area contributed by atoms with Crippen LogP contribution in [0, 0.1) is 5.92 Å². The summed E-state index contributed by atoms with van der Waals surface area (Å²) in [5.74, 6) is -5.14. The summed E-state index contributed by atoms with van der Waals surface area (Å²) < 4.78 is 0. The molecule has 0 radical (unpaired) electrons. The minimum Gasteiger partial charge on any atom is -0.480 e. The van der Waals surface area contributed by atoms with Crippen molar-refractivity contribution in [3.05, 3.63) is 0 Å². The lowest BCUT2D eigenvalue weighted by molar-refractivity contribution is -0.155. The summed E-state index contributed by atoms with van der Waals surface area (Å²) in [5.41, 5.74) is 9.92. The zero-order chi connectivity index (χ0) is 9.23. The SMILES string of the molecule is NC(N)(S)C(C(=O)O)C(=O)O. The van der Waals surface area contributed by atoms with E-state index in [-0.39, 0.29) is 0 Å². The summed E-state index contributed by atoms with van der Waals surface area (Å²) in [6.07, 6.45) is 0. The van der Waals surface area contributed by atoms with Crippen molar-refractivity contribution in [1.82, 2.24) is 0 Å². The van der Waals surface area contributed by atoms with E-state index in [1.54, 1.807) is 0 Å². The van der Waals surface area contributed by atoms with E-state index in [1.165, 1.54) is 0 Å². The lowest BCUT2D eigenvalue weighted by atomic mass is 10.1. The van der Waals surface area contributed by atoms with Gasteiger partial charge in [0.05, 0.1) is 0 Å². The van der Waals surface area contributed by atoms with Gasteiger partial charge in [-0.05, 0) is 0 Å². The third kappa shape index (κ3) is 2.74. The Bertz CT molecular complexity index is 173. The zero-order valence-corrected chi connectivity index (χ0v) is 6.28. The monoisotopic (exact) mass is 180 g/mol. The van der Waals surface area contributed by atoms with Crippen LogP contribution < -0.4 is 11.5 Å². The van der Waals surface area contributed by atoms with E-state index >= 15 is 0 Å². The Labute approximate surface area is 67.6 Å². The van der Waals surface area contributed by atoms with Gasteiger partial charge >= 0.3 is 11.9 Å². The van der Waals surface area contributed by atoms with E-state index in [9.17, 15) is 9.59 Å². The molecule has 0 aromatic heterocycles. The molecule has 0 fully saturated rings. The van der Waals surface area contributed by atoms with E-state index in [0.717, 1.165) is 0 Å². The highest BCUT2D eigenvalue weighted by molar-refractivity contribution is 7.81. The molecular formula is C4H8N2O4S. The first-order valence-electron chi connectivity index (χ1n) is 2.52. The Hall–Kier alpha value is -0.790. The van der Waals surface area contributed by atoms with E-state index in [1.807, 2.05) is 0 Å². The number of thiol groups is 1. The lowest BCUT2D eigenvalue weighted by Crippen LogP contribution is -2.56. The Morgan fingerprint density at radius 2 is 1.55 bits per heavy atom. The molecule has 6 N–H and O–H groups in total. The Balaban J connectivity index is 4.63. The van der Waals surface area contributed by atoms with E-state index in [2.05, 4.69) is 12.6 Å². The first-order valence-corrected chi connectivity index (χ1v) is 2.97. The molecule has 0 saturated carbocycles. The van der Waals surface area contributed by atoms with Crippen LogP contribution in [0.1, 0.15) is 0 Å². The summed E-state index contributed by atoms with van der Waals surface area (Å²) in [7, 11) is 0. The van der Waals surface area contributed by atoms with Gasteiger partial charge in [-0.15, -0.1) is 12.6 Å². The zero-order valence-electron chi connectivity index (χ0n) is 5.39. The molecule has 0 spiro atoms. The molecule has 0 unspecified atom stereocenters. The van der Waals surface area contributed by atoms with Crippen molar-refractivity contribution in [1.29, 1.82) is 0 Å². The third-order valence-electron chi connectivity index (χ3n) is 0.956. The summed E-state index contributed by atoms with van der Waals surface area (Å²) in [6, 6.07) is 0. The van der Waals surface area contributed by atoms with Gasteiger partial charge < -0.3 is 21.7 Å². The van der Waals surface area contributed by atoms with Crippen molar-refractivity contribution < 1.29 is 19.8 Å². The first-order chi connectivity index (χ1) is 4.76. The summed E-state index contributed by atoms with van der Waals surface area (Å²) in [6.45, 7) is 0. The quantitative estimate of drug-likeness (QED) is 0.199. The van der Waals surface area contributed by atoms with Crippen LogP contribution >= 0.6 is 12.6 Å². The summed E-state index contributed by atoms with van der Waals surface area (Å²) in [5, 5.41) is 16.6. The average Bonchev–Trinajstić information content (AvgIpc) is 1.54. The van der Waals surface area contributed by atoms with Crippen LogP contribution in [-0.2, 0) is 9.59 Å². The predicted molar refractivity (Wildman–Crippen MR) is 38.9 cm³/mol. The fourth-order valence-corrected chi connectivity index (χ4v) is 0.722. The highest BCUT2D eigenvalue weighted by atomic mass is 32.1. The lowest BCUT2D eigenvalue weighted by Gasteiger charge is -2.21. The number of nitrogens with two attached hydrogens (primary N) is 2. The molecule has 11 heavy (non-hydrogen) atoms. The van der Waals surface area contributed by atoms with Gasteiger partial charge in [-0.1, -0.05) is 0 Å². The predicted octanol–water partition coefficient (Wildman–Crippen LogP) is -1.73. The van der Waals surface area contributed by atoms with Gasteiger partial charge in [-0.3, -0.25) is 9.59 Å². The second-order valence-corrected chi connectivity index (χ2v) is 2.77. The first kappa shape index (κ1) is 10.2. The van der Waals surface area contributed by atoms with Crippen LogP contribution in [0.15, 0.2) is 0 Å². The number of hydrogen-bond acceptors (Lipinski definition) is 5. The summed E-state index contributed by atoms with van der Waals surface area (Å²) in [4.78, 5) is 18.4. The van der Waals surface area contributed by atoms with Crippen LogP contribution in [0.25, 0.3) is 0 Å². The van der Waals surface area contributed by atoms with Crippen molar-refractivity contribution in [3.8, 4) is 0 Å². The number of rotatable bonds is 3. The molecule has 0 rings (SSSR count). The maximum absolute atomic E-state index is 10.2. The Kier molecular flexibility index (Phi) is 2.85. The van der Waals surface area contributed by atoms with Gasteiger partial charge in [0.25, 0.3) is 0 Å².